The molecule has 1 heterocycles. The highest BCUT2D eigenvalue weighted by molar-refractivity contribution is 5.85. The Morgan fingerprint density at radius 1 is 1.27 bits per heavy atom. The molecule has 0 aromatic carbocycles. The predicted octanol–water partition coefficient (Wildman–Crippen LogP) is 1.89. The Labute approximate surface area is 77.6 Å². The third kappa shape index (κ3) is 1.91. The lowest BCUT2D eigenvalue weighted by atomic mass is 10.3. The van der Waals surface area contributed by atoms with E-state index in [2.05, 4.69) is 16.0 Å². The van der Waals surface area contributed by atoms with Gasteiger partial charge in [0.2, 0.25) is 0 Å². The first-order valence-electron chi connectivity index (χ1n) is 2.92. The minimum atomic E-state index is 0. The third-order valence-corrected chi connectivity index (χ3v) is 1.44. The van der Waals surface area contributed by atoms with Crippen LogP contribution in [0, 0.1) is 0 Å². The molecule has 0 radical (unpaired) electrons. The van der Waals surface area contributed by atoms with E-state index in [0.29, 0.717) is 0 Å². The predicted molar refractivity (Wildman–Crippen MR) is 49.3 cm³/mol. The highest BCUT2D eigenvalue weighted by atomic mass is 35.5. The SMILES string of the molecule is C1=Cc2ncncc2C1.Cl.Cl. The number of aromatic nitrogens is 2. The summed E-state index contributed by atoms with van der Waals surface area (Å²) in [4.78, 5) is 7.97. The van der Waals surface area contributed by atoms with E-state index >= 15 is 0 Å². The average molecular weight is 191 g/mol. The first-order valence-corrected chi connectivity index (χ1v) is 2.92. The minimum absolute atomic E-state index is 0. The second kappa shape index (κ2) is 4.31. The molecule has 0 aliphatic heterocycles. The number of nitrogens with zero attached hydrogens (tertiary/aromatic N) is 2. The fourth-order valence-corrected chi connectivity index (χ4v) is 0.973. The molecule has 0 bridgehead atoms. The molecule has 1 aromatic rings. The summed E-state index contributed by atoms with van der Waals surface area (Å²) in [6, 6.07) is 0. The maximum atomic E-state index is 4.06. The molecule has 0 atom stereocenters. The highest BCUT2D eigenvalue weighted by Gasteiger charge is 2.02. The van der Waals surface area contributed by atoms with Crippen molar-refractivity contribution in [2.24, 2.45) is 0 Å². The average Bonchev–Trinajstić information content (AvgIpc) is 2.33. The van der Waals surface area contributed by atoms with Gasteiger partial charge in [-0.1, -0.05) is 6.08 Å². The van der Waals surface area contributed by atoms with Crippen LogP contribution in [0.5, 0.6) is 0 Å². The van der Waals surface area contributed by atoms with Crippen molar-refractivity contribution in [1.29, 1.82) is 0 Å². The summed E-state index contributed by atoms with van der Waals surface area (Å²) < 4.78 is 0. The molecule has 0 saturated carbocycles. The van der Waals surface area contributed by atoms with Gasteiger partial charge in [-0.15, -0.1) is 24.8 Å². The van der Waals surface area contributed by atoms with Crippen molar-refractivity contribution >= 4 is 30.9 Å². The van der Waals surface area contributed by atoms with Crippen molar-refractivity contribution in [3.8, 4) is 0 Å². The standard InChI is InChI=1S/C7H6N2.2ClH/c1-2-6-4-8-5-9-7(6)3-1;;/h1,3-5H,2H2;2*1H. The van der Waals surface area contributed by atoms with Crippen molar-refractivity contribution in [3.05, 3.63) is 29.9 Å². The van der Waals surface area contributed by atoms with Crippen molar-refractivity contribution in [1.82, 2.24) is 9.97 Å². The van der Waals surface area contributed by atoms with E-state index in [9.17, 15) is 0 Å². The van der Waals surface area contributed by atoms with E-state index in [4.69, 9.17) is 0 Å². The van der Waals surface area contributed by atoms with Gasteiger partial charge in [0.05, 0.1) is 5.69 Å². The second-order valence-electron chi connectivity index (χ2n) is 2.04. The quantitative estimate of drug-likeness (QED) is 0.625. The Kier molecular flexibility index (Phi) is 4.08. The fraction of sp³-hybridized carbons (Fsp3) is 0.143. The van der Waals surface area contributed by atoms with E-state index in [1.165, 1.54) is 5.56 Å². The lowest BCUT2D eigenvalue weighted by Gasteiger charge is -1.91. The summed E-state index contributed by atoms with van der Waals surface area (Å²) in [5.74, 6) is 0. The van der Waals surface area contributed by atoms with Crippen molar-refractivity contribution in [2.45, 2.75) is 6.42 Å². The number of allylic oxidation sites excluding steroid dienone is 1. The number of hydrogen-bond acceptors (Lipinski definition) is 2. The Balaban J connectivity index is 0.000000500. The van der Waals surface area contributed by atoms with Crippen LogP contribution in [0.1, 0.15) is 11.3 Å². The molecule has 2 rings (SSSR count). The van der Waals surface area contributed by atoms with E-state index in [0.717, 1.165) is 12.1 Å². The molecule has 1 aromatic heterocycles. The van der Waals surface area contributed by atoms with E-state index in [1.807, 2.05) is 12.3 Å². The van der Waals surface area contributed by atoms with Crippen LogP contribution < -0.4 is 0 Å². The third-order valence-electron chi connectivity index (χ3n) is 1.44. The number of rotatable bonds is 0. The maximum absolute atomic E-state index is 4.06. The molecule has 60 valence electrons. The fourth-order valence-electron chi connectivity index (χ4n) is 0.973. The van der Waals surface area contributed by atoms with Crippen LogP contribution in [0.15, 0.2) is 18.6 Å². The lowest BCUT2D eigenvalue weighted by Crippen LogP contribution is -1.85. The Morgan fingerprint density at radius 2 is 2.09 bits per heavy atom. The molecule has 0 spiro atoms. The van der Waals surface area contributed by atoms with Crippen molar-refractivity contribution in [2.75, 3.05) is 0 Å². The summed E-state index contributed by atoms with van der Waals surface area (Å²) in [5, 5.41) is 0. The van der Waals surface area contributed by atoms with Gasteiger partial charge in [0.1, 0.15) is 6.33 Å². The first-order chi connectivity index (χ1) is 4.47. The van der Waals surface area contributed by atoms with E-state index in [1.54, 1.807) is 6.33 Å². The van der Waals surface area contributed by atoms with Gasteiger partial charge < -0.3 is 0 Å². The monoisotopic (exact) mass is 190 g/mol. The second-order valence-corrected chi connectivity index (χ2v) is 2.04. The Bertz CT molecular complexity index is 260. The molecule has 4 heteroatoms. The molecule has 2 nitrogen and oxygen atoms in total. The number of fused-ring (bicyclic) bond motifs is 1. The molecule has 0 N–H and O–H groups in total. The topological polar surface area (TPSA) is 25.8 Å². The Morgan fingerprint density at radius 3 is 2.82 bits per heavy atom. The highest BCUT2D eigenvalue weighted by Crippen LogP contribution is 2.13. The zero-order valence-electron chi connectivity index (χ0n) is 5.73. The lowest BCUT2D eigenvalue weighted by molar-refractivity contribution is 1.10. The van der Waals surface area contributed by atoms with E-state index in [-0.39, 0.29) is 24.8 Å². The van der Waals surface area contributed by atoms with Gasteiger partial charge in [-0.2, -0.15) is 0 Å². The van der Waals surface area contributed by atoms with Crippen LogP contribution in [0.2, 0.25) is 0 Å². The largest absolute Gasteiger partial charge is 0.244 e. The first kappa shape index (κ1) is 10.4. The smallest absolute Gasteiger partial charge is 0.116 e. The van der Waals surface area contributed by atoms with E-state index < -0.39 is 0 Å². The molecule has 11 heavy (non-hydrogen) atoms. The van der Waals surface area contributed by atoms with Crippen LogP contribution in [0.25, 0.3) is 6.08 Å². The summed E-state index contributed by atoms with van der Waals surface area (Å²) >= 11 is 0. The molecule has 0 fully saturated rings. The molecule has 0 saturated heterocycles. The summed E-state index contributed by atoms with van der Waals surface area (Å²) in [6.07, 6.45) is 8.56. The zero-order chi connectivity index (χ0) is 6.10. The summed E-state index contributed by atoms with van der Waals surface area (Å²) in [6.45, 7) is 0. The van der Waals surface area contributed by atoms with Gasteiger partial charge in [-0.25, -0.2) is 9.97 Å². The van der Waals surface area contributed by atoms with Crippen LogP contribution >= 0.6 is 24.8 Å². The van der Waals surface area contributed by atoms with Crippen LogP contribution in [0.4, 0.5) is 0 Å². The van der Waals surface area contributed by atoms with Gasteiger partial charge in [0.15, 0.2) is 0 Å². The zero-order valence-corrected chi connectivity index (χ0v) is 7.36. The normalized spacial score (nSPS) is 11.3. The molecular weight excluding hydrogens is 183 g/mol. The van der Waals surface area contributed by atoms with Gasteiger partial charge >= 0.3 is 0 Å². The summed E-state index contributed by atoms with van der Waals surface area (Å²) in [5.41, 5.74) is 2.31. The maximum Gasteiger partial charge on any atom is 0.116 e. The van der Waals surface area contributed by atoms with Gasteiger partial charge in [0.25, 0.3) is 0 Å². The van der Waals surface area contributed by atoms with Gasteiger partial charge in [-0.05, 0) is 18.1 Å². The molecule has 0 unspecified atom stereocenters. The van der Waals surface area contributed by atoms with Gasteiger partial charge in [-0.3, -0.25) is 0 Å². The molecule has 1 aliphatic rings. The molecule has 0 amide bonds. The van der Waals surface area contributed by atoms with Gasteiger partial charge in [0, 0.05) is 6.20 Å². The number of hydrogen-bond donors (Lipinski definition) is 0. The number of halogens is 2. The molecular formula is C7H8Cl2N2. The molecule has 1 aliphatic carbocycles. The van der Waals surface area contributed by atoms with Crippen molar-refractivity contribution in [3.63, 3.8) is 0 Å². The van der Waals surface area contributed by atoms with Crippen molar-refractivity contribution < 1.29 is 0 Å². The van der Waals surface area contributed by atoms with Crippen LogP contribution in [-0.4, -0.2) is 9.97 Å². The Hall–Kier alpha value is -0.600. The minimum Gasteiger partial charge on any atom is -0.244 e. The van der Waals surface area contributed by atoms with Crippen LogP contribution in [0.3, 0.4) is 0 Å². The summed E-state index contributed by atoms with van der Waals surface area (Å²) in [7, 11) is 0. The van der Waals surface area contributed by atoms with Crippen LogP contribution in [-0.2, 0) is 6.42 Å².